The maximum absolute atomic E-state index is 11.2. The monoisotopic (exact) mass is 802 g/mol. The third kappa shape index (κ3) is 7.56. The number of methoxy groups -OCH3 is 1. The molecule has 0 spiro atoms. The highest BCUT2D eigenvalue weighted by Crippen LogP contribution is 2.67. The number of hydrogen-bond donors (Lipinski definition) is 9. The lowest BCUT2D eigenvalue weighted by molar-refractivity contribution is -0.376. The van der Waals surface area contributed by atoms with E-state index in [9.17, 15) is 46.0 Å². The van der Waals surface area contributed by atoms with Crippen LogP contribution in [-0.4, -0.2) is 171 Å². The summed E-state index contributed by atoms with van der Waals surface area (Å²) in [5.41, 5.74) is 1.60. The van der Waals surface area contributed by atoms with E-state index in [2.05, 4.69) is 19.9 Å². The zero-order chi connectivity index (χ0) is 40.4. The summed E-state index contributed by atoms with van der Waals surface area (Å²) < 4.78 is 42.0. The molecule has 6 fully saturated rings. The summed E-state index contributed by atoms with van der Waals surface area (Å²) in [7, 11) is 1.41. The number of hydrogen-bond acceptors (Lipinski definition) is 16. The normalized spacial score (nSPS) is 54.1. The molecule has 16 heteroatoms. The van der Waals surface area contributed by atoms with E-state index in [4.69, 9.17) is 33.2 Å². The van der Waals surface area contributed by atoms with Gasteiger partial charge < -0.3 is 79.1 Å². The highest BCUT2D eigenvalue weighted by atomic mass is 16.8. The Balaban J connectivity index is 1.04. The Morgan fingerprint density at radius 2 is 1.43 bits per heavy atom. The van der Waals surface area contributed by atoms with Gasteiger partial charge >= 0.3 is 0 Å². The number of allylic oxidation sites excluding steroid dienone is 1. The van der Waals surface area contributed by atoms with Crippen molar-refractivity contribution in [2.24, 2.45) is 34.5 Å². The second-order valence-corrected chi connectivity index (χ2v) is 18.3. The first-order chi connectivity index (χ1) is 26.5. The maximum atomic E-state index is 11.2. The van der Waals surface area contributed by atoms with Gasteiger partial charge in [-0.2, -0.15) is 0 Å². The molecule has 56 heavy (non-hydrogen) atoms. The molecule has 23 unspecified atom stereocenters. The van der Waals surface area contributed by atoms with Crippen LogP contribution in [0.4, 0.5) is 0 Å². The van der Waals surface area contributed by atoms with Crippen LogP contribution in [0.25, 0.3) is 0 Å². The molecule has 16 nitrogen and oxygen atoms in total. The summed E-state index contributed by atoms with van der Waals surface area (Å²) >= 11 is 0. The van der Waals surface area contributed by atoms with E-state index >= 15 is 0 Å². The van der Waals surface area contributed by atoms with Crippen LogP contribution in [0.1, 0.15) is 79.1 Å². The largest absolute Gasteiger partial charge is 0.394 e. The van der Waals surface area contributed by atoms with Gasteiger partial charge in [0.2, 0.25) is 0 Å². The average Bonchev–Trinajstić information content (AvgIpc) is 3.54. The third-order valence-corrected chi connectivity index (χ3v) is 15.3. The first-order valence-electron chi connectivity index (χ1n) is 20.7. The van der Waals surface area contributed by atoms with Gasteiger partial charge in [0.05, 0.1) is 31.5 Å². The Kier molecular flexibility index (Phi) is 13.0. The minimum Gasteiger partial charge on any atom is -0.394 e. The Bertz CT molecular complexity index is 1370. The average molecular weight is 803 g/mol. The Morgan fingerprint density at radius 1 is 0.750 bits per heavy atom. The van der Waals surface area contributed by atoms with Crippen LogP contribution < -0.4 is 0 Å². The van der Waals surface area contributed by atoms with Crippen molar-refractivity contribution in [2.45, 2.75) is 183 Å². The van der Waals surface area contributed by atoms with Crippen LogP contribution in [0.5, 0.6) is 0 Å². The van der Waals surface area contributed by atoms with Crippen molar-refractivity contribution in [3.8, 4) is 0 Å². The number of aliphatic hydroxyl groups is 9. The standard InChI is InChI=1S/C40H66O16/c1-17(22-8-9-23-21-7-6-19-14-20(42)10-12-39(19,3)24(21)11-13-40(22,23)4)52-38-35(34(50-5)27(43)18(2)53-38)56-37-33(49)31(47)29(45)26(55-37)16-51-36-32(48)30(46)28(44)25(15-41)54-36/h6,17-18,20-38,41-49H,7-16H2,1-5H3. The fraction of sp³-hybridized carbons (Fsp3) is 0.950. The van der Waals surface area contributed by atoms with Gasteiger partial charge in [0.15, 0.2) is 18.9 Å². The number of ether oxygens (including phenoxy) is 7. The van der Waals surface area contributed by atoms with E-state index in [1.54, 1.807) is 6.92 Å². The molecule has 4 aliphatic carbocycles. The second kappa shape index (κ2) is 16.9. The molecule has 0 radical (unpaired) electrons. The fourth-order valence-corrected chi connectivity index (χ4v) is 12.0. The molecule has 0 aromatic rings. The van der Waals surface area contributed by atoms with Gasteiger partial charge in [0.1, 0.15) is 67.1 Å². The van der Waals surface area contributed by atoms with Gasteiger partial charge in [-0.15, -0.1) is 0 Å². The van der Waals surface area contributed by atoms with Gasteiger partial charge in [-0.05, 0) is 99.7 Å². The number of fused-ring (bicyclic) bond motifs is 5. The summed E-state index contributed by atoms with van der Waals surface area (Å²) in [6.45, 7) is 7.38. The van der Waals surface area contributed by atoms with E-state index in [1.165, 1.54) is 12.7 Å². The smallest absolute Gasteiger partial charge is 0.187 e. The molecule has 3 aliphatic heterocycles. The summed E-state index contributed by atoms with van der Waals surface area (Å²) in [5, 5.41) is 94.6. The van der Waals surface area contributed by atoms with Crippen molar-refractivity contribution in [2.75, 3.05) is 20.3 Å². The Hall–Kier alpha value is -0.900. The molecule has 0 amide bonds. The van der Waals surface area contributed by atoms with Crippen LogP contribution in [0.2, 0.25) is 0 Å². The molecule has 3 saturated carbocycles. The van der Waals surface area contributed by atoms with Crippen molar-refractivity contribution in [1.82, 2.24) is 0 Å². The van der Waals surface area contributed by atoms with Crippen LogP contribution >= 0.6 is 0 Å². The highest BCUT2D eigenvalue weighted by molar-refractivity contribution is 5.25. The molecule has 322 valence electrons. The zero-order valence-corrected chi connectivity index (χ0v) is 33.2. The Morgan fingerprint density at radius 3 is 2.12 bits per heavy atom. The molecule has 9 N–H and O–H groups in total. The minimum atomic E-state index is -1.78. The summed E-state index contributed by atoms with van der Waals surface area (Å²) in [4.78, 5) is 0. The SMILES string of the molecule is COC1C(O)C(C)OC(OC(C)C2CCC3C4CC=C5CC(O)CCC5(C)C4CCC23C)C1OC1OC(COC2OC(CO)C(O)C(O)C2O)C(O)C(O)C1O. The van der Waals surface area contributed by atoms with Crippen LogP contribution in [0.3, 0.4) is 0 Å². The van der Waals surface area contributed by atoms with E-state index in [1.807, 2.05) is 6.92 Å². The van der Waals surface area contributed by atoms with E-state index in [0.29, 0.717) is 17.8 Å². The fourth-order valence-electron chi connectivity index (χ4n) is 12.0. The maximum Gasteiger partial charge on any atom is 0.187 e. The minimum absolute atomic E-state index is 0.0182. The van der Waals surface area contributed by atoms with Crippen molar-refractivity contribution in [3.05, 3.63) is 11.6 Å². The zero-order valence-electron chi connectivity index (χ0n) is 33.2. The second-order valence-electron chi connectivity index (χ2n) is 18.3. The van der Waals surface area contributed by atoms with Gasteiger partial charge in [-0.25, -0.2) is 0 Å². The molecule has 23 atom stereocenters. The molecule has 0 bridgehead atoms. The van der Waals surface area contributed by atoms with Gasteiger partial charge in [-0.1, -0.05) is 25.5 Å². The molecule has 7 rings (SSSR count). The molecule has 3 heterocycles. The summed E-state index contributed by atoms with van der Waals surface area (Å²) in [6, 6.07) is 0. The summed E-state index contributed by atoms with van der Waals surface area (Å²) in [6.07, 6.45) is -11.2. The lowest BCUT2D eigenvalue weighted by Crippen LogP contribution is -2.65. The summed E-state index contributed by atoms with van der Waals surface area (Å²) in [5.74, 6) is 1.87. The van der Waals surface area contributed by atoms with Crippen molar-refractivity contribution >= 4 is 0 Å². The van der Waals surface area contributed by atoms with E-state index in [-0.39, 0.29) is 29.0 Å². The quantitative estimate of drug-likeness (QED) is 0.126. The predicted octanol–water partition coefficient (Wildman–Crippen LogP) is -0.539. The molecule has 0 aromatic heterocycles. The molecule has 3 saturated heterocycles. The van der Waals surface area contributed by atoms with Gasteiger partial charge in [0, 0.05) is 7.11 Å². The first-order valence-corrected chi connectivity index (χ1v) is 20.7. The molecular weight excluding hydrogens is 736 g/mol. The highest BCUT2D eigenvalue weighted by Gasteiger charge is 2.60. The lowest BCUT2D eigenvalue weighted by Gasteiger charge is -2.58. The van der Waals surface area contributed by atoms with Gasteiger partial charge in [-0.3, -0.25) is 0 Å². The van der Waals surface area contributed by atoms with Crippen molar-refractivity contribution in [1.29, 1.82) is 0 Å². The van der Waals surface area contributed by atoms with Crippen LogP contribution in [0.15, 0.2) is 11.6 Å². The third-order valence-electron chi connectivity index (χ3n) is 15.3. The van der Waals surface area contributed by atoms with E-state index < -0.39 is 105 Å². The number of rotatable bonds is 10. The Labute approximate surface area is 328 Å². The predicted molar refractivity (Wildman–Crippen MR) is 194 cm³/mol. The topological polar surface area (TPSA) is 247 Å². The lowest BCUT2D eigenvalue weighted by atomic mass is 9.47. The van der Waals surface area contributed by atoms with Crippen molar-refractivity contribution in [3.63, 3.8) is 0 Å². The first kappa shape index (κ1) is 43.2. The van der Waals surface area contributed by atoms with Crippen LogP contribution in [0, 0.1) is 34.5 Å². The molecular formula is C40H66O16. The molecule has 7 aliphatic rings. The van der Waals surface area contributed by atoms with Gasteiger partial charge in [0.25, 0.3) is 0 Å². The number of aliphatic hydroxyl groups excluding tert-OH is 9. The van der Waals surface area contributed by atoms with Crippen LogP contribution in [-0.2, 0) is 33.2 Å². The van der Waals surface area contributed by atoms with E-state index in [0.717, 1.165) is 51.4 Å². The molecule has 0 aromatic carbocycles. The van der Waals surface area contributed by atoms with Crippen molar-refractivity contribution < 1.29 is 79.1 Å².